The largest absolute Gasteiger partial charge is 0.284 e. The summed E-state index contributed by atoms with van der Waals surface area (Å²) in [6.45, 7) is 4.14. The van der Waals surface area contributed by atoms with Gasteiger partial charge in [-0.3, -0.25) is 14.3 Å². The molecule has 118 valence electrons. The predicted molar refractivity (Wildman–Crippen MR) is 94.8 cm³/mol. The molecular weight excluding hydrogens is 306 g/mol. The third-order valence-electron chi connectivity index (χ3n) is 3.88. The molecule has 0 radical (unpaired) electrons. The Morgan fingerprint density at radius 2 is 1.96 bits per heavy atom. The molecule has 0 amide bonds. The van der Waals surface area contributed by atoms with E-state index in [0.29, 0.717) is 11.1 Å². The van der Waals surface area contributed by atoms with Gasteiger partial charge in [0.05, 0.1) is 16.6 Å². The second-order valence-electron chi connectivity index (χ2n) is 5.45. The second kappa shape index (κ2) is 6.96. The third kappa shape index (κ3) is 3.29. The fraction of sp³-hybridized carbons (Fsp3) is 0.278. The fourth-order valence-electron chi connectivity index (χ4n) is 2.42. The molecular formula is C18H19N3OS. The molecule has 0 N–H and O–H groups in total. The van der Waals surface area contributed by atoms with Gasteiger partial charge in [-0.2, -0.15) is 0 Å². The van der Waals surface area contributed by atoms with Crippen molar-refractivity contribution in [2.24, 2.45) is 0 Å². The number of hydrogen-bond acceptors (Lipinski definition) is 4. The lowest BCUT2D eigenvalue weighted by atomic mass is 10.2. The molecule has 23 heavy (non-hydrogen) atoms. The Labute approximate surface area is 139 Å². The molecule has 2 heterocycles. The van der Waals surface area contributed by atoms with Crippen molar-refractivity contribution in [2.75, 3.05) is 0 Å². The van der Waals surface area contributed by atoms with Crippen LogP contribution < -0.4 is 5.56 Å². The molecule has 0 aliphatic heterocycles. The third-order valence-corrected chi connectivity index (χ3v) is 4.87. The molecule has 3 rings (SSSR count). The first kappa shape index (κ1) is 15.7. The Kier molecular flexibility index (Phi) is 4.76. The average Bonchev–Trinajstić information content (AvgIpc) is 2.60. The van der Waals surface area contributed by atoms with Gasteiger partial charge in [0.2, 0.25) is 0 Å². The van der Waals surface area contributed by atoms with Crippen molar-refractivity contribution < 1.29 is 0 Å². The maximum Gasteiger partial charge on any atom is 0.262 e. The van der Waals surface area contributed by atoms with E-state index in [1.807, 2.05) is 47.0 Å². The summed E-state index contributed by atoms with van der Waals surface area (Å²) in [5.41, 5.74) is 1.77. The second-order valence-corrected chi connectivity index (χ2v) is 6.40. The summed E-state index contributed by atoms with van der Waals surface area (Å²) in [6, 6.07) is 13.5. The Morgan fingerprint density at radius 1 is 1.17 bits per heavy atom. The van der Waals surface area contributed by atoms with Crippen LogP contribution in [0.1, 0.15) is 32.0 Å². The van der Waals surface area contributed by atoms with Crippen LogP contribution in [-0.4, -0.2) is 14.5 Å². The molecule has 0 bridgehead atoms. The van der Waals surface area contributed by atoms with Gasteiger partial charge < -0.3 is 0 Å². The molecule has 2 aromatic heterocycles. The Balaban J connectivity index is 2.05. The maximum atomic E-state index is 12.9. The van der Waals surface area contributed by atoms with E-state index in [9.17, 15) is 4.79 Å². The van der Waals surface area contributed by atoms with Crippen LogP contribution in [0.5, 0.6) is 0 Å². The summed E-state index contributed by atoms with van der Waals surface area (Å²) >= 11 is 1.56. The molecule has 0 saturated carbocycles. The minimum absolute atomic E-state index is 0.0356. The van der Waals surface area contributed by atoms with Gasteiger partial charge >= 0.3 is 0 Å². The Hall–Kier alpha value is -2.14. The SMILES string of the molecule is CCC(C)n1c(SCc2ccccn2)nc2ccccc2c1=O. The van der Waals surface area contributed by atoms with E-state index in [-0.39, 0.29) is 11.6 Å². The first-order valence-electron chi connectivity index (χ1n) is 7.74. The van der Waals surface area contributed by atoms with E-state index >= 15 is 0 Å². The molecule has 0 saturated heterocycles. The van der Waals surface area contributed by atoms with Crippen molar-refractivity contribution in [1.29, 1.82) is 0 Å². The normalized spacial score (nSPS) is 12.4. The molecule has 0 spiro atoms. The molecule has 0 fully saturated rings. The Bertz CT molecular complexity index is 861. The number of fused-ring (bicyclic) bond motifs is 1. The van der Waals surface area contributed by atoms with E-state index in [1.54, 1.807) is 18.0 Å². The van der Waals surface area contributed by atoms with Crippen LogP contribution in [0.25, 0.3) is 10.9 Å². The van der Waals surface area contributed by atoms with Crippen LogP contribution >= 0.6 is 11.8 Å². The zero-order valence-corrected chi connectivity index (χ0v) is 14.1. The predicted octanol–water partition coefficient (Wildman–Crippen LogP) is 4.05. The Morgan fingerprint density at radius 3 is 2.70 bits per heavy atom. The van der Waals surface area contributed by atoms with Crippen molar-refractivity contribution >= 4 is 22.7 Å². The van der Waals surface area contributed by atoms with Gasteiger partial charge in [-0.1, -0.05) is 36.9 Å². The number of para-hydroxylation sites is 1. The number of pyridine rings is 1. The number of aromatic nitrogens is 3. The van der Waals surface area contributed by atoms with Crippen LogP contribution in [0.4, 0.5) is 0 Å². The molecule has 5 heteroatoms. The van der Waals surface area contributed by atoms with Crippen molar-refractivity contribution in [3.05, 3.63) is 64.7 Å². The van der Waals surface area contributed by atoms with Crippen LogP contribution in [0.2, 0.25) is 0 Å². The summed E-state index contributed by atoms with van der Waals surface area (Å²) in [6.07, 6.45) is 2.67. The van der Waals surface area contributed by atoms with Crippen LogP contribution in [0.3, 0.4) is 0 Å². The van der Waals surface area contributed by atoms with Crippen LogP contribution in [0, 0.1) is 0 Å². The molecule has 0 aliphatic rings. The summed E-state index contributed by atoms with van der Waals surface area (Å²) in [4.78, 5) is 21.9. The van der Waals surface area contributed by atoms with Crippen LogP contribution in [-0.2, 0) is 5.75 Å². The van der Waals surface area contributed by atoms with E-state index in [4.69, 9.17) is 4.98 Å². The molecule has 1 unspecified atom stereocenters. The fourth-order valence-corrected chi connectivity index (χ4v) is 3.43. The van der Waals surface area contributed by atoms with Crippen molar-refractivity contribution in [3.8, 4) is 0 Å². The lowest BCUT2D eigenvalue weighted by Gasteiger charge is -2.18. The summed E-state index contributed by atoms with van der Waals surface area (Å²) in [5, 5.41) is 1.43. The average molecular weight is 325 g/mol. The van der Waals surface area contributed by atoms with Gasteiger partial charge in [0.1, 0.15) is 0 Å². The smallest absolute Gasteiger partial charge is 0.262 e. The number of nitrogens with zero attached hydrogens (tertiary/aromatic N) is 3. The lowest BCUT2D eigenvalue weighted by Crippen LogP contribution is -2.26. The highest BCUT2D eigenvalue weighted by Gasteiger charge is 2.15. The van der Waals surface area contributed by atoms with Gasteiger partial charge in [0, 0.05) is 18.0 Å². The summed E-state index contributed by atoms with van der Waals surface area (Å²) in [5.74, 6) is 0.696. The zero-order chi connectivity index (χ0) is 16.2. The lowest BCUT2D eigenvalue weighted by molar-refractivity contribution is 0.468. The highest BCUT2D eigenvalue weighted by molar-refractivity contribution is 7.98. The minimum Gasteiger partial charge on any atom is -0.284 e. The van der Waals surface area contributed by atoms with Gasteiger partial charge in [-0.15, -0.1) is 0 Å². The quantitative estimate of drug-likeness (QED) is 0.524. The van der Waals surface area contributed by atoms with E-state index in [1.165, 1.54) is 0 Å². The topological polar surface area (TPSA) is 47.8 Å². The number of benzene rings is 1. The van der Waals surface area contributed by atoms with E-state index < -0.39 is 0 Å². The standard InChI is InChI=1S/C18H19N3OS/c1-3-13(2)21-17(22)15-9-4-5-10-16(15)20-18(21)23-12-14-8-6-7-11-19-14/h4-11,13H,3,12H2,1-2H3. The first-order valence-corrected chi connectivity index (χ1v) is 8.73. The number of thioether (sulfide) groups is 1. The van der Waals surface area contributed by atoms with Gasteiger partial charge in [-0.25, -0.2) is 4.98 Å². The van der Waals surface area contributed by atoms with Gasteiger partial charge in [0.15, 0.2) is 5.16 Å². The monoisotopic (exact) mass is 325 g/mol. The highest BCUT2D eigenvalue weighted by Crippen LogP contribution is 2.24. The number of hydrogen-bond donors (Lipinski definition) is 0. The zero-order valence-electron chi connectivity index (χ0n) is 13.3. The van der Waals surface area contributed by atoms with E-state index in [0.717, 1.165) is 22.8 Å². The first-order chi connectivity index (χ1) is 11.2. The minimum atomic E-state index is 0.0356. The number of rotatable bonds is 5. The highest BCUT2D eigenvalue weighted by atomic mass is 32.2. The molecule has 1 aromatic carbocycles. The molecule has 1 atom stereocenters. The van der Waals surface area contributed by atoms with Crippen molar-refractivity contribution in [1.82, 2.24) is 14.5 Å². The van der Waals surface area contributed by atoms with Crippen molar-refractivity contribution in [3.63, 3.8) is 0 Å². The van der Waals surface area contributed by atoms with Gasteiger partial charge in [-0.05, 0) is 37.6 Å². The molecule has 3 aromatic rings. The van der Waals surface area contributed by atoms with Crippen LogP contribution in [0.15, 0.2) is 58.6 Å². The summed E-state index contributed by atoms with van der Waals surface area (Å²) < 4.78 is 1.82. The van der Waals surface area contributed by atoms with Gasteiger partial charge in [0.25, 0.3) is 5.56 Å². The molecule has 0 aliphatic carbocycles. The summed E-state index contributed by atoms with van der Waals surface area (Å²) in [7, 11) is 0. The molecule has 4 nitrogen and oxygen atoms in total. The van der Waals surface area contributed by atoms with E-state index in [2.05, 4.69) is 18.8 Å². The maximum absolute atomic E-state index is 12.9. The van der Waals surface area contributed by atoms with Crippen molar-refractivity contribution in [2.45, 2.75) is 37.2 Å².